The van der Waals surface area contributed by atoms with Gasteiger partial charge < -0.3 is 11.1 Å². The molecule has 0 atom stereocenters. The van der Waals surface area contributed by atoms with E-state index in [2.05, 4.69) is 10.2 Å². The summed E-state index contributed by atoms with van der Waals surface area (Å²) in [4.78, 5) is 2.25. The van der Waals surface area contributed by atoms with E-state index >= 15 is 0 Å². The Morgan fingerprint density at radius 1 is 0.704 bits per heavy atom. The second-order valence-corrected chi connectivity index (χ2v) is 12.2. The molecule has 8 aliphatic rings. The van der Waals surface area contributed by atoms with Crippen molar-refractivity contribution in [1.29, 1.82) is 0 Å². The van der Waals surface area contributed by atoms with Gasteiger partial charge in [0.1, 0.15) is 0 Å². The van der Waals surface area contributed by atoms with Crippen LogP contribution >= 0.6 is 24.4 Å². The first-order chi connectivity index (χ1) is 12.9. The van der Waals surface area contributed by atoms with Gasteiger partial charge in [0.15, 0.2) is 10.2 Å². The summed E-state index contributed by atoms with van der Waals surface area (Å²) in [6.45, 7) is 0. The molecule has 0 aromatic carbocycles. The van der Waals surface area contributed by atoms with E-state index in [1.54, 1.807) is 0 Å². The third kappa shape index (κ3) is 2.70. The van der Waals surface area contributed by atoms with E-state index in [4.69, 9.17) is 30.2 Å². The summed E-state index contributed by atoms with van der Waals surface area (Å²) in [5, 5.41) is 5.30. The highest BCUT2D eigenvalue weighted by molar-refractivity contribution is 7.81. The smallest absolute Gasteiger partial charge is 0.176 e. The molecule has 0 aliphatic heterocycles. The molecule has 5 heteroatoms. The van der Waals surface area contributed by atoms with Crippen LogP contribution in [0.1, 0.15) is 77.0 Å². The Morgan fingerprint density at radius 2 is 1.07 bits per heavy atom. The molecule has 8 saturated carbocycles. The predicted molar refractivity (Wildman–Crippen MR) is 116 cm³/mol. The molecule has 0 radical (unpaired) electrons. The molecule has 3 nitrogen and oxygen atoms in total. The number of rotatable bonds is 2. The van der Waals surface area contributed by atoms with Crippen molar-refractivity contribution in [3.05, 3.63) is 0 Å². The lowest BCUT2D eigenvalue weighted by atomic mass is 9.52. The van der Waals surface area contributed by atoms with Gasteiger partial charge >= 0.3 is 0 Å². The molecule has 0 amide bonds. The standard InChI is InChI=1S/C22H33N3S2/c23-19(26)25(22-10-16-4-17(11-22)6-18(5-16)12-22)20(27)24-21-7-13-1-14(8-21)3-15(2-13)9-21/h13-18H,1-12H2,(H2,23,26)(H,24,27). The number of nitrogens with two attached hydrogens (primary N) is 1. The molecule has 8 rings (SSSR count). The van der Waals surface area contributed by atoms with Gasteiger partial charge in [-0.25, -0.2) is 0 Å². The monoisotopic (exact) mass is 403 g/mol. The summed E-state index contributed by atoms with van der Waals surface area (Å²) in [7, 11) is 0. The van der Waals surface area contributed by atoms with Crippen molar-refractivity contribution in [2.45, 2.75) is 88.1 Å². The second kappa shape index (κ2) is 5.81. The lowest BCUT2D eigenvalue weighted by Gasteiger charge is -2.62. The first-order valence-electron chi connectivity index (χ1n) is 11.3. The fourth-order valence-corrected chi connectivity index (χ4v) is 10.3. The highest BCUT2D eigenvalue weighted by Crippen LogP contribution is 2.59. The van der Waals surface area contributed by atoms with Gasteiger partial charge in [-0.2, -0.15) is 0 Å². The summed E-state index contributed by atoms with van der Waals surface area (Å²) >= 11 is 11.7. The molecule has 0 aromatic rings. The summed E-state index contributed by atoms with van der Waals surface area (Å²) in [5.41, 5.74) is 6.71. The van der Waals surface area contributed by atoms with Crippen molar-refractivity contribution in [3.63, 3.8) is 0 Å². The van der Waals surface area contributed by atoms with E-state index in [1.165, 1.54) is 77.0 Å². The number of nitrogens with zero attached hydrogens (tertiary/aromatic N) is 1. The third-order valence-electron chi connectivity index (χ3n) is 9.31. The largest absolute Gasteiger partial charge is 0.376 e. The van der Waals surface area contributed by atoms with E-state index in [1.807, 2.05) is 0 Å². The van der Waals surface area contributed by atoms with E-state index in [0.717, 1.165) is 40.6 Å². The quantitative estimate of drug-likeness (QED) is 0.671. The zero-order chi connectivity index (χ0) is 18.4. The Morgan fingerprint density at radius 3 is 1.44 bits per heavy atom. The van der Waals surface area contributed by atoms with Crippen molar-refractivity contribution >= 4 is 34.7 Å². The zero-order valence-electron chi connectivity index (χ0n) is 16.3. The van der Waals surface area contributed by atoms with Gasteiger partial charge in [0, 0.05) is 5.54 Å². The van der Waals surface area contributed by atoms with Gasteiger partial charge in [-0.1, -0.05) is 0 Å². The minimum absolute atomic E-state index is 0.118. The first kappa shape index (κ1) is 17.4. The molecule has 8 aliphatic carbocycles. The number of nitrogens with one attached hydrogen (secondary N) is 1. The maximum Gasteiger partial charge on any atom is 0.176 e. The maximum absolute atomic E-state index is 6.36. The van der Waals surface area contributed by atoms with E-state index in [0.29, 0.717) is 5.11 Å². The topological polar surface area (TPSA) is 41.3 Å². The number of hydrogen-bond acceptors (Lipinski definition) is 2. The van der Waals surface area contributed by atoms with Crippen molar-refractivity contribution in [2.24, 2.45) is 41.2 Å². The normalized spacial score (nSPS) is 51.4. The zero-order valence-corrected chi connectivity index (χ0v) is 17.9. The molecule has 3 N–H and O–H groups in total. The van der Waals surface area contributed by atoms with Crippen LogP contribution < -0.4 is 11.1 Å². The summed E-state index contributed by atoms with van der Waals surface area (Å²) in [5.74, 6) is 5.37. The average Bonchev–Trinajstić information content (AvgIpc) is 2.50. The summed E-state index contributed by atoms with van der Waals surface area (Å²) in [6.07, 6.45) is 16.3. The molecule has 0 saturated heterocycles. The van der Waals surface area contributed by atoms with E-state index < -0.39 is 0 Å². The molecule has 148 valence electrons. The minimum Gasteiger partial charge on any atom is -0.376 e. The van der Waals surface area contributed by atoms with Crippen LogP contribution in [0, 0.1) is 35.5 Å². The third-order valence-corrected chi connectivity index (χ3v) is 9.78. The molecule has 0 unspecified atom stereocenters. The Balaban J connectivity index is 1.27. The van der Waals surface area contributed by atoms with Gasteiger partial charge in [0.25, 0.3) is 0 Å². The molecular formula is C22H33N3S2. The van der Waals surface area contributed by atoms with Crippen LogP contribution in [0.25, 0.3) is 0 Å². The van der Waals surface area contributed by atoms with Crippen LogP contribution in [0.4, 0.5) is 0 Å². The Bertz CT molecular complexity index is 616. The van der Waals surface area contributed by atoms with Crippen LogP contribution in [0.5, 0.6) is 0 Å². The van der Waals surface area contributed by atoms with Gasteiger partial charge in [-0.3, -0.25) is 4.90 Å². The van der Waals surface area contributed by atoms with Crippen molar-refractivity contribution in [2.75, 3.05) is 0 Å². The van der Waals surface area contributed by atoms with Crippen LogP contribution in [0.15, 0.2) is 0 Å². The van der Waals surface area contributed by atoms with Crippen LogP contribution in [-0.2, 0) is 0 Å². The fourth-order valence-electron chi connectivity index (χ4n) is 9.43. The molecule has 0 heterocycles. The van der Waals surface area contributed by atoms with Gasteiger partial charge in [0.05, 0.1) is 5.54 Å². The van der Waals surface area contributed by atoms with Gasteiger partial charge in [-0.15, -0.1) is 0 Å². The minimum atomic E-state index is 0.118. The van der Waals surface area contributed by atoms with Crippen molar-refractivity contribution < 1.29 is 0 Å². The fraction of sp³-hybridized carbons (Fsp3) is 0.909. The SMILES string of the molecule is NC(=S)N(C(=S)NC12CC3CC(CC(C3)C1)C2)C12CC3CC(CC(C3)C1)C2. The Hall–Kier alpha value is -0.420. The molecular weight excluding hydrogens is 370 g/mol. The van der Waals surface area contributed by atoms with Gasteiger partial charge in [0.2, 0.25) is 0 Å². The van der Waals surface area contributed by atoms with Crippen LogP contribution in [0.2, 0.25) is 0 Å². The van der Waals surface area contributed by atoms with E-state index in [9.17, 15) is 0 Å². The highest BCUT2D eigenvalue weighted by Gasteiger charge is 2.56. The Kier molecular flexibility index (Phi) is 3.75. The molecule has 8 bridgehead atoms. The lowest BCUT2D eigenvalue weighted by molar-refractivity contribution is -0.0453. The Labute approximate surface area is 174 Å². The number of thiocarbonyl (C=S) groups is 2. The molecule has 27 heavy (non-hydrogen) atoms. The van der Waals surface area contributed by atoms with Crippen molar-refractivity contribution in [1.82, 2.24) is 10.2 Å². The summed E-state index contributed by atoms with van der Waals surface area (Å²) < 4.78 is 0. The van der Waals surface area contributed by atoms with Crippen molar-refractivity contribution in [3.8, 4) is 0 Å². The van der Waals surface area contributed by atoms with Crippen LogP contribution in [-0.4, -0.2) is 26.2 Å². The lowest BCUT2D eigenvalue weighted by Crippen LogP contribution is -2.69. The second-order valence-electron chi connectivity index (χ2n) is 11.4. The summed E-state index contributed by atoms with van der Waals surface area (Å²) in [6, 6.07) is 0. The molecule has 0 spiro atoms. The van der Waals surface area contributed by atoms with E-state index in [-0.39, 0.29) is 11.1 Å². The molecule has 8 fully saturated rings. The first-order valence-corrected chi connectivity index (χ1v) is 12.2. The predicted octanol–water partition coefficient (Wildman–Crippen LogP) is 4.34. The average molecular weight is 404 g/mol. The van der Waals surface area contributed by atoms with Gasteiger partial charge in [-0.05, 0) is 137 Å². The number of hydrogen-bond donors (Lipinski definition) is 2. The maximum atomic E-state index is 6.36. The van der Waals surface area contributed by atoms with Crippen LogP contribution in [0.3, 0.4) is 0 Å². The molecule has 0 aromatic heterocycles. The highest BCUT2D eigenvalue weighted by atomic mass is 32.1.